The fourth-order valence-corrected chi connectivity index (χ4v) is 1.84. The second-order valence-corrected chi connectivity index (χ2v) is 4.44. The second-order valence-electron chi connectivity index (χ2n) is 4.44. The number of esters is 1. The number of hydrogen-bond donors (Lipinski definition) is 0. The number of fused-ring (bicyclic) bond motifs is 1. The fourth-order valence-electron chi connectivity index (χ4n) is 1.84. The average Bonchev–Trinajstić information content (AvgIpc) is 2.71. The Balaban J connectivity index is 2.30. The molecule has 0 aliphatic carbocycles. The van der Waals surface area contributed by atoms with Gasteiger partial charge in [0.25, 0.3) is 0 Å². The van der Waals surface area contributed by atoms with Crippen molar-refractivity contribution in [3.8, 4) is 0 Å². The molecule has 0 aliphatic rings. The molecule has 0 spiro atoms. The molecule has 0 unspecified atom stereocenters. The van der Waals surface area contributed by atoms with Crippen LogP contribution in [0.5, 0.6) is 0 Å². The Kier molecular flexibility index (Phi) is 3.67. The first-order valence-electron chi connectivity index (χ1n) is 5.94. The van der Waals surface area contributed by atoms with E-state index >= 15 is 0 Å². The van der Waals surface area contributed by atoms with Crippen LogP contribution in [0.3, 0.4) is 0 Å². The predicted molar refractivity (Wildman–Crippen MR) is 69.6 cm³/mol. The Morgan fingerprint density at radius 1 is 1.33 bits per heavy atom. The van der Waals surface area contributed by atoms with Gasteiger partial charge in [0.15, 0.2) is 0 Å². The topological polar surface area (TPSA) is 42.7 Å². The van der Waals surface area contributed by atoms with E-state index in [4.69, 9.17) is 9.15 Å². The lowest BCUT2D eigenvalue weighted by molar-refractivity contribution is 0.0492. The Morgan fingerprint density at radius 2 is 2.11 bits per heavy atom. The summed E-state index contributed by atoms with van der Waals surface area (Å²) in [7, 11) is 4.02. The minimum absolute atomic E-state index is 0.258. The van der Waals surface area contributed by atoms with Gasteiger partial charge in [-0.3, -0.25) is 0 Å². The normalized spacial score (nSPS) is 11.1. The van der Waals surface area contributed by atoms with Gasteiger partial charge in [0, 0.05) is 11.9 Å². The molecule has 18 heavy (non-hydrogen) atoms. The van der Waals surface area contributed by atoms with Crippen molar-refractivity contribution < 1.29 is 13.9 Å². The van der Waals surface area contributed by atoms with Crippen molar-refractivity contribution in [2.24, 2.45) is 0 Å². The van der Waals surface area contributed by atoms with Gasteiger partial charge in [-0.1, -0.05) is 12.1 Å². The highest BCUT2D eigenvalue weighted by molar-refractivity contribution is 5.92. The third kappa shape index (κ3) is 2.71. The third-order valence-electron chi connectivity index (χ3n) is 2.56. The molecule has 2 aromatic rings. The van der Waals surface area contributed by atoms with Gasteiger partial charge in [-0.05, 0) is 38.7 Å². The summed E-state index contributed by atoms with van der Waals surface area (Å²) in [6.45, 7) is 2.96. The molecule has 0 saturated heterocycles. The van der Waals surface area contributed by atoms with Crippen molar-refractivity contribution in [1.29, 1.82) is 0 Å². The first-order valence-corrected chi connectivity index (χ1v) is 5.94. The number of carbonyl (C=O) groups excluding carboxylic acids is 1. The van der Waals surface area contributed by atoms with Crippen LogP contribution >= 0.6 is 0 Å². The quantitative estimate of drug-likeness (QED) is 0.779. The lowest BCUT2D eigenvalue weighted by Crippen LogP contribution is -2.10. The van der Waals surface area contributed by atoms with E-state index in [1.165, 1.54) is 0 Å². The smallest absolute Gasteiger partial charge is 0.374 e. The van der Waals surface area contributed by atoms with Crippen LogP contribution in [0.15, 0.2) is 28.7 Å². The van der Waals surface area contributed by atoms with Crippen molar-refractivity contribution in [1.82, 2.24) is 4.90 Å². The van der Waals surface area contributed by atoms with Gasteiger partial charge in [-0.15, -0.1) is 0 Å². The van der Waals surface area contributed by atoms with E-state index in [9.17, 15) is 4.79 Å². The SMILES string of the molecule is CCOC(=O)c1cc2ccc(CN(C)C)cc2o1. The van der Waals surface area contributed by atoms with Crippen LogP contribution in [0, 0.1) is 0 Å². The molecule has 0 atom stereocenters. The zero-order valence-corrected chi connectivity index (χ0v) is 10.9. The number of benzene rings is 1. The molecular weight excluding hydrogens is 230 g/mol. The number of ether oxygens (including phenoxy) is 1. The Bertz CT molecular complexity index is 557. The molecule has 1 aromatic heterocycles. The van der Waals surface area contributed by atoms with Gasteiger partial charge >= 0.3 is 5.97 Å². The van der Waals surface area contributed by atoms with Crippen LogP contribution in [-0.4, -0.2) is 31.6 Å². The maximum atomic E-state index is 11.6. The zero-order valence-electron chi connectivity index (χ0n) is 10.9. The van der Waals surface area contributed by atoms with Crippen molar-refractivity contribution in [3.05, 3.63) is 35.6 Å². The van der Waals surface area contributed by atoms with Crippen molar-refractivity contribution in [2.45, 2.75) is 13.5 Å². The number of furan rings is 1. The van der Waals surface area contributed by atoms with E-state index < -0.39 is 5.97 Å². The predicted octanol–water partition coefficient (Wildman–Crippen LogP) is 2.67. The van der Waals surface area contributed by atoms with Gasteiger partial charge < -0.3 is 14.1 Å². The van der Waals surface area contributed by atoms with Gasteiger partial charge in [0.1, 0.15) is 5.58 Å². The average molecular weight is 247 g/mol. The highest BCUT2D eigenvalue weighted by Gasteiger charge is 2.13. The van der Waals surface area contributed by atoms with Crippen LogP contribution in [0.1, 0.15) is 23.0 Å². The Morgan fingerprint density at radius 3 is 2.78 bits per heavy atom. The summed E-state index contributed by atoms with van der Waals surface area (Å²) in [6, 6.07) is 7.66. The summed E-state index contributed by atoms with van der Waals surface area (Å²) in [5, 5.41) is 0.917. The fraction of sp³-hybridized carbons (Fsp3) is 0.357. The molecule has 2 rings (SSSR count). The van der Waals surface area contributed by atoms with E-state index in [0.29, 0.717) is 6.61 Å². The highest BCUT2D eigenvalue weighted by Crippen LogP contribution is 2.21. The molecule has 0 radical (unpaired) electrons. The number of nitrogens with zero attached hydrogens (tertiary/aromatic N) is 1. The van der Waals surface area contributed by atoms with Crippen LogP contribution < -0.4 is 0 Å². The van der Waals surface area contributed by atoms with Gasteiger partial charge in [0.2, 0.25) is 5.76 Å². The molecule has 0 aliphatic heterocycles. The lowest BCUT2D eigenvalue weighted by atomic mass is 10.1. The summed E-state index contributed by atoms with van der Waals surface area (Å²) < 4.78 is 10.4. The highest BCUT2D eigenvalue weighted by atomic mass is 16.5. The monoisotopic (exact) mass is 247 g/mol. The first kappa shape index (κ1) is 12.6. The molecule has 1 heterocycles. The second kappa shape index (κ2) is 5.23. The molecule has 4 heteroatoms. The number of carbonyl (C=O) groups is 1. The molecular formula is C14H17NO3. The van der Waals surface area contributed by atoms with Crippen LogP contribution in [-0.2, 0) is 11.3 Å². The van der Waals surface area contributed by atoms with Crippen LogP contribution in [0.2, 0.25) is 0 Å². The molecule has 0 N–H and O–H groups in total. The first-order chi connectivity index (χ1) is 8.60. The van der Waals surface area contributed by atoms with Gasteiger partial charge in [-0.25, -0.2) is 4.79 Å². The van der Waals surface area contributed by atoms with Crippen molar-refractivity contribution >= 4 is 16.9 Å². The van der Waals surface area contributed by atoms with Crippen molar-refractivity contribution in [2.75, 3.05) is 20.7 Å². The maximum absolute atomic E-state index is 11.6. The summed E-state index contributed by atoms with van der Waals surface area (Å²) in [5.74, 6) is -0.156. The molecule has 0 bridgehead atoms. The number of hydrogen-bond acceptors (Lipinski definition) is 4. The lowest BCUT2D eigenvalue weighted by Gasteiger charge is -2.08. The molecule has 96 valence electrons. The summed E-state index contributed by atoms with van der Waals surface area (Å²) in [4.78, 5) is 13.6. The molecule has 0 saturated carbocycles. The summed E-state index contributed by atoms with van der Waals surface area (Å²) in [5.41, 5.74) is 1.87. The molecule has 4 nitrogen and oxygen atoms in total. The van der Waals surface area contributed by atoms with Crippen LogP contribution in [0.25, 0.3) is 11.0 Å². The van der Waals surface area contributed by atoms with E-state index in [0.717, 1.165) is 23.1 Å². The zero-order chi connectivity index (χ0) is 13.1. The third-order valence-corrected chi connectivity index (χ3v) is 2.56. The maximum Gasteiger partial charge on any atom is 0.374 e. The molecule has 0 amide bonds. The minimum atomic E-state index is -0.414. The largest absolute Gasteiger partial charge is 0.460 e. The molecule has 1 aromatic carbocycles. The van der Waals surface area contributed by atoms with E-state index in [1.54, 1.807) is 13.0 Å². The van der Waals surface area contributed by atoms with Crippen LogP contribution in [0.4, 0.5) is 0 Å². The van der Waals surface area contributed by atoms with E-state index in [-0.39, 0.29) is 5.76 Å². The Hall–Kier alpha value is -1.81. The van der Waals surface area contributed by atoms with E-state index in [1.807, 2.05) is 32.3 Å². The molecule has 0 fully saturated rings. The van der Waals surface area contributed by atoms with Crippen molar-refractivity contribution in [3.63, 3.8) is 0 Å². The minimum Gasteiger partial charge on any atom is -0.460 e. The number of rotatable bonds is 4. The summed E-state index contributed by atoms with van der Waals surface area (Å²) >= 11 is 0. The Labute approximate surface area is 106 Å². The van der Waals surface area contributed by atoms with E-state index in [2.05, 4.69) is 4.90 Å². The summed E-state index contributed by atoms with van der Waals surface area (Å²) in [6.07, 6.45) is 0. The van der Waals surface area contributed by atoms with Gasteiger partial charge in [0.05, 0.1) is 6.61 Å². The standard InChI is InChI=1S/C14H17NO3/c1-4-17-14(16)13-8-11-6-5-10(9-15(2)3)7-12(11)18-13/h5-8H,4,9H2,1-3H3. The van der Waals surface area contributed by atoms with Gasteiger partial charge in [-0.2, -0.15) is 0 Å².